The fourth-order valence-corrected chi connectivity index (χ4v) is 2.61. The van der Waals surface area contributed by atoms with E-state index in [1.165, 1.54) is 0 Å². The van der Waals surface area contributed by atoms with Gasteiger partial charge in [0.05, 0.1) is 18.7 Å². The smallest absolute Gasteiger partial charge is 0.119 e. The molecule has 0 aliphatic heterocycles. The molecule has 0 amide bonds. The van der Waals surface area contributed by atoms with Gasteiger partial charge in [-0.25, -0.2) is 0 Å². The summed E-state index contributed by atoms with van der Waals surface area (Å²) in [5, 5.41) is 4.50. The minimum absolute atomic E-state index is 0.170. The van der Waals surface area contributed by atoms with Crippen LogP contribution in [-0.2, 0) is 0 Å². The number of hydrogen-bond donors (Lipinski definition) is 1. The van der Waals surface area contributed by atoms with Gasteiger partial charge in [0, 0.05) is 22.5 Å². The van der Waals surface area contributed by atoms with Crippen LogP contribution in [0.15, 0.2) is 48.5 Å². The molecule has 0 spiro atoms. The Labute approximate surface area is 142 Å². The van der Waals surface area contributed by atoms with Crippen molar-refractivity contribution in [3.8, 4) is 11.5 Å². The molecule has 124 valence electrons. The molecule has 0 unspecified atom stereocenters. The van der Waals surface area contributed by atoms with E-state index in [4.69, 9.17) is 9.47 Å². The van der Waals surface area contributed by atoms with Crippen molar-refractivity contribution in [2.75, 3.05) is 12.4 Å². The summed E-state index contributed by atoms with van der Waals surface area (Å²) in [7, 11) is 1.67. The molecule has 24 heavy (non-hydrogen) atoms. The molecule has 0 saturated heterocycles. The van der Waals surface area contributed by atoms with Gasteiger partial charge in [0.25, 0.3) is 0 Å². The molecule has 0 atom stereocenters. The molecule has 0 aliphatic carbocycles. The normalized spacial score (nSPS) is 10.9. The molecular formula is C20H22N2O2. The number of ether oxygens (including phenoxy) is 2. The van der Waals surface area contributed by atoms with Crippen molar-refractivity contribution >= 4 is 22.3 Å². The third kappa shape index (κ3) is 3.59. The summed E-state index contributed by atoms with van der Waals surface area (Å²) in [6.45, 7) is 6.03. The van der Waals surface area contributed by atoms with Gasteiger partial charge in [-0.1, -0.05) is 0 Å². The Bertz CT molecular complexity index is 842. The highest BCUT2D eigenvalue weighted by molar-refractivity contribution is 5.94. The Kier molecular flexibility index (Phi) is 4.56. The molecule has 1 heterocycles. The molecular weight excluding hydrogens is 300 g/mol. The molecule has 0 fully saturated rings. The van der Waals surface area contributed by atoms with E-state index in [0.29, 0.717) is 0 Å². The SMILES string of the molecule is COc1ccc2nc(C)cc(Nc3ccc(OC(C)C)cc3)c2c1. The van der Waals surface area contributed by atoms with Gasteiger partial charge in [-0.05, 0) is 69.3 Å². The van der Waals surface area contributed by atoms with Crippen LogP contribution in [0.2, 0.25) is 0 Å². The van der Waals surface area contributed by atoms with Crippen LogP contribution in [0.4, 0.5) is 11.4 Å². The summed E-state index contributed by atoms with van der Waals surface area (Å²) in [6, 6.07) is 15.9. The van der Waals surface area contributed by atoms with Crippen molar-refractivity contribution in [3.63, 3.8) is 0 Å². The third-order valence-electron chi connectivity index (χ3n) is 3.65. The molecule has 4 nitrogen and oxygen atoms in total. The summed E-state index contributed by atoms with van der Waals surface area (Å²) in [6.07, 6.45) is 0.170. The largest absolute Gasteiger partial charge is 0.497 e. The Morgan fingerprint density at radius 3 is 2.33 bits per heavy atom. The van der Waals surface area contributed by atoms with Gasteiger partial charge < -0.3 is 14.8 Å². The lowest BCUT2D eigenvalue weighted by atomic mass is 10.1. The van der Waals surface area contributed by atoms with Gasteiger partial charge in [0.2, 0.25) is 0 Å². The van der Waals surface area contributed by atoms with E-state index in [1.54, 1.807) is 7.11 Å². The first kappa shape index (κ1) is 16.1. The number of aryl methyl sites for hydroxylation is 1. The van der Waals surface area contributed by atoms with Gasteiger partial charge in [0.1, 0.15) is 11.5 Å². The monoisotopic (exact) mass is 322 g/mol. The van der Waals surface area contributed by atoms with Gasteiger partial charge in [-0.2, -0.15) is 0 Å². The minimum atomic E-state index is 0.170. The molecule has 3 aromatic rings. The van der Waals surface area contributed by atoms with Gasteiger partial charge in [0.15, 0.2) is 0 Å². The van der Waals surface area contributed by atoms with Gasteiger partial charge in [-0.3, -0.25) is 4.98 Å². The lowest BCUT2D eigenvalue weighted by Gasteiger charge is -2.13. The van der Waals surface area contributed by atoms with Crippen LogP contribution < -0.4 is 14.8 Å². The predicted octanol–water partition coefficient (Wildman–Crippen LogP) is 5.08. The second-order valence-electron chi connectivity index (χ2n) is 6.01. The van der Waals surface area contributed by atoms with Crippen molar-refractivity contribution in [2.45, 2.75) is 26.9 Å². The zero-order valence-electron chi connectivity index (χ0n) is 14.5. The molecule has 3 rings (SSSR count). The highest BCUT2D eigenvalue weighted by atomic mass is 16.5. The van der Waals surface area contributed by atoms with Gasteiger partial charge in [-0.15, -0.1) is 0 Å². The standard InChI is InChI=1S/C20H22N2O2/c1-13(2)24-16-7-5-15(6-8-16)22-20-11-14(3)21-19-10-9-17(23-4)12-18(19)20/h5-13H,1-4H3,(H,21,22). The maximum absolute atomic E-state index is 5.68. The van der Waals surface area contributed by atoms with Crippen LogP contribution in [0, 0.1) is 6.92 Å². The fourth-order valence-electron chi connectivity index (χ4n) is 2.61. The molecule has 0 radical (unpaired) electrons. The van der Waals surface area contributed by atoms with E-state index in [0.717, 1.165) is 39.5 Å². The van der Waals surface area contributed by atoms with Crippen LogP contribution >= 0.6 is 0 Å². The van der Waals surface area contributed by atoms with Crippen LogP contribution in [-0.4, -0.2) is 18.2 Å². The molecule has 1 N–H and O–H groups in total. The van der Waals surface area contributed by atoms with E-state index in [2.05, 4.69) is 10.3 Å². The first-order chi connectivity index (χ1) is 11.5. The highest BCUT2D eigenvalue weighted by Crippen LogP contribution is 2.30. The van der Waals surface area contributed by atoms with Crippen molar-refractivity contribution in [2.24, 2.45) is 0 Å². The maximum Gasteiger partial charge on any atom is 0.119 e. The van der Waals surface area contributed by atoms with Crippen LogP contribution in [0.5, 0.6) is 11.5 Å². The maximum atomic E-state index is 5.68. The number of nitrogens with one attached hydrogen (secondary N) is 1. The summed E-state index contributed by atoms with van der Waals surface area (Å²) >= 11 is 0. The number of rotatable bonds is 5. The van der Waals surface area contributed by atoms with E-state index < -0.39 is 0 Å². The zero-order chi connectivity index (χ0) is 17.1. The quantitative estimate of drug-likeness (QED) is 0.711. The second kappa shape index (κ2) is 6.79. The van der Waals surface area contributed by atoms with Crippen LogP contribution in [0.25, 0.3) is 10.9 Å². The molecule has 0 bridgehead atoms. The number of benzene rings is 2. The Balaban J connectivity index is 1.94. The highest BCUT2D eigenvalue weighted by Gasteiger charge is 2.07. The van der Waals surface area contributed by atoms with E-state index in [-0.39, 0.29) is 6.10 Å². The molecule has 0 saturated carbocycles. The first-order valence-electron chi connectivity index (χ1n) is 8.04. The van der Waals surface area contributed by atoms with Crippen molar-refractivity contribution in [1.29, 1.82) is 0 Å². The average molecular weight is 322 g/mol. The molecule has 4 heteroatoms. The lowest BCUT2D eigenvalue weighted by Crippen LogP contribution is -2.05. The van der Waals surface area contributed by atoms with E-state index in [1.807, 2.05) is 69.3 Å². The summed E-state index contributed by atoms with van der Waals surface area (Å²) in [4.78, 5) is 4.58. The molecule has 2 aromatic carbocycles. The summed E-state index contributed by atoms with van der Waals surface area (Å²) in [5.74, 6) is 1.69. The second-order valence-corrected chi connectivity index (χ2v) is 6.01. The Hall–Kier alpha value is -2.75. The predicted molar refractivity (Wildman–Crippen MR) is 98.5 cm³/mol. The van der Waals surface area contributed by atoms with E-state index in [9.17, 15) is 0 Å². The molecule has 0 aliphatic rings. The number of nitrogens with zero attached hydrogens (tertiary/aromatic N) is 1. The van der Waals surface area contributed by atoms with Crippen molar-refractivity contribution in [1.82, 2.24) is 4.98 Å². The lowest BCUT2D eigenvalue weighted by molar-refractivity contribution is 0.242. The summed E-state index contributed by atoms with van der Waals surface area (Å²) < 4.78 is 11.0. The fraction of sp³-hybridized carbons (Fsp3) is 0.250. The minimum Gasteiger partial charge on any atom is -0.497 e. The third-order valence-corrected chi connectivity index (χ3v) is 3.65. The molecule has 1 aromatic heterocycles. The number of aromatic nitrogens is 1. The van der Waals surface area contributed by atoms with Crippen LogP contribution in [0.3, 0.4) is 0 Å². The number of hydrogen-bond acceptors (Lipinski definition) is 4. The zero-order valence-corrected chi connectivity index (χ0v) is 14.5. The topological polar surface area (TPSA) is 43.4 Å². The Morgan fingerprint density at radius 1 is 0.958 bits per heavy atom. The Morgan fingerprint density at radius 2 is 1.67 bits per heavy atom. The van der Waals surface area contributed by atoms with Crippen molar-refractivity contribution < 1.29 is 9.47 Å². The number of fused-ring (bicyclic) bond motifs is 1. The first-order valence-corrected chi connectivity index (χ1v) is 8.04. The number of methoxy groups -OCH3 is 1. The number of pyridine rings is 1. The average Bonchev–Trinajstić information content (AvgIpc) is 2.55. The van der Waals surface area contributed by atoms with Crippen LogP contribution in [0.1, 0.15) is 19.5 Å². The van der Waals surface area contributed by atoms with Crippen molar-refractivity contribution in [3.05, 3.63) is 54.2 Å². The van der Waals surface area contributed by atoms with Gasteiger partial charge >= 0.3 is 0 Å². The summed E-state index contributed by atoms with van der Waals surface area (Å²) in [5.41, 5.74) is 3.92. The van der Waals surface area contributed by atoms with E-state index >= 15 is 0 Å². The number of anilines is 2.